The number of anilines is 2. The van der Waals surface area contributed by atoms with E-state index in [1.807, 2.05) is 23.9 Å². The molecule has 1 aliphatic rings. The molecular formula is C16H27N3OS. The first-order valence-corrected chi connectivity index (χ1v) is 9.10. The van der Waals surface area contributed by atoms with Crippen molar-refractivity contribution in [1.82, 2.24) is 4.98 Å². The van der Waals surface area contributed by atoms with Crippen LogP contribution in [0, 0.1) is 0 Å². The summed E-state index contributed by atoms with van der Waals surface area (Å²) in [5, 5.41) is 3.48. The highest BCUT2D eigenvalue weighted by atomic mass is 32.2. The van der Waals surface area contributed by atoms with Crippen LogP contribution in [0.25, 0.3) is 0 Å². The third kappa shape index (κ3) is 4.43. The van der Waals surface area contributed by atoms with Crippen molar-refractivity contribution < 1.29 is 4.74 Å². The number of rotatable bonds is 7. The van der Waals surface area contributed by atoms with Crippen LogP contribution in [0.2, 0.25) is 0 Å². The Morgan fingerprint density at radius 3 is 2.76 bits per heavy atom. The van der Waals surface area contributed by atoms with Gasteiger partial charge in [-0.05, 0) is 37.7 Å². The van der Waals surface area contributed by atoms with E-state index in [0.717, 1.165) is 18.8 Å². The highest BCUT2D eigenvalue weighted by Crippen LogP contribution is 2.38. The number of hydrogen-bond donors (Lipinski definition) is 2. The zero-order chi connectivity index (χ0) is 15.1. The first-order chi connectivity index (χ1) is 10.2. The summed E-state index contributed by atoms with van der Waals surface area (Å²) >= 11 is 1.99. The number of nitrogens with one attached hydrogen (secondary N) is 1. The van der Waals surface area contributed by atoms with Crippen molar-refractivity contribution in [3.63, 3.8) is 0 Å². The largest absolute Gasteiger partial charge is 0.476 e. The van der Waals surface area contributed by atoms with Gasteiger partial charge in [0.1, 0.15) is 5.82 Å². The number of pyridine rings is 1. The molecule has 0 atom stereocenters. The van der Waals surface area contributed by atoms with Gasteiger partial charge in [0.25, 0.3) is 0 Å². The van der Waals surface area contributed by atoms with Crippen LogP contribution in [0.1, 0.15) is 45.4 Å². The highest BCUT2D eigenvalue weighted by molar-refractivity contribution is 8.00. The fourth-order valence-electron chi connectivity index (χ4n) is 2.76. The molecule has 0 unspecified atom stereocenters. The third-order valence-corrected chi connectivity index (χ3v) is 5.54. The minimum Gasteiger partial charge on any atom is -0.476 e. The van der Waals surface area contributed by atoms with E-state index in [0.29, 0.717) is 22.9 Å². The maximum absolute atomic E-state index is 5.90. The van der Waals surface area contributed by atoms with Crippen molar-refractivity contribution in [2.24, 2.45) is 0 Å². The van der Waals surface area contributed by atoms with Gasteiger partial charge in [0.05, 0.1) is 12.3 Å². The van der Waals surface area contributed by atoms with Crippen LogP contribution in [0.3, 0.4) is 0 Å². The molecule has 0 amide bonds. The van der Waals surface area contributed by atoms with Crippen molar-refractivity contribution in [2.75, 3.05) is 30.5 Å². The molecule has 1 fully saturated rings. The molecule has 118 valence electrons. The number of aromatic nitrogens is 1. The Morgan fingerprint density at radius 2 is 2.10 bits per heavy atom. The lowest BCUT2D eigenvalue weighted by atomic mass is 9.88. The predicted molar refractivity (Wildman–Crippen MR) is 92.3 cm³/mol. The van der Waals surface area contributed by atoms with Crippen LogP contribution in [-0.4, -0.2) is 29.1 Å². The maximum atomic E-state index is 5.90. The number of hydrogen-bond acceptors (Lipinski definition) is 5. The molecule has 1 saturated carbocycles. The fraction of sp³-hybridized carbons (Fsp3) is 0.688. The van der Waals surface area contributed by atoms with Crippen LogP contribution >= 0.6 is 11.8 Å². The smallest absolute Gasteiger partial charge is 0.239 e. The van der Waals surface area contributed by atoms with E-state index in [2.05, 4.69) is 23.5 Å². The minimum absolute atomic E-state index is 0.353. The van der Waals surface area contributed by atoms with Crippen LogP contribution in [-0.2, 0) is 0 Å². The van der Waals surface area contributed by atoms with Crippen molar-refractivity contribution in [3.8, 4) is 5.88 Å². The Balaban J connectivity index is 1.98. The maximum Gasteiger partial charge on any atom is 0.239 e. The topological polar surface area (TPSA) is 60.2 Å². The molecule has 21 heavy (non-hydrogen) atoms. The van der Waals surface area contributed by atoms with Gasteiger partial charge in [-0.15, -0.1) is 0 Å². The number of nitrogen functional groups attached to an aromatic ring is 1. The predicted octanol–water partition coefficient (Wildman–Crippen LogP) is 3.93. The van der Waals surface area contributed by atoms with Crippen LogP contribution in [0.15, 0.2) is 12.1 Å². The van der Waals surface area contributed by atoms with Gasteiger partial charge in [-0.1, -0.05) is 26.2 Å². The average molecular weight is 309 g/mol. The summed E-state index contributed by atoms with van der Waals surface area (Å²) in [6, 6.07) is 3.80. The Bertz CT molecular complexity index is 447. The summed E-state index contributed by atoms with van der Waals surface area (Å²) in [7, 11) is 0. The second-order valence-electron chi connectivity index (χ2n) is 5.74. The summed E-state index contributed by atoms with van der Waals surface area (Å²) in [5.41, 5.74) is 6.50. The van der Waals surface area contributed by atoms with E-state index in [4.69, 9.17) is 10.5 Å². The molecule has 5 heteroatoms. The Kier molecular flexibility index (Phi) is 6.03. The van der Waals surface area contributed by atoms with Crippen LogP contribution in [0.4, 0.5) is 11.5 Å². The fourth-order valence-corrected chi connectivity index (χ4v) is 3.68. The molecule has 1 aromatic heterocycles. The van der Waals surface area contributed by atoms with Crippen molar-refractivity contribution in [3.05, 3.63) is 12.1 Å². The molecule has 0 aliphatic heterocycles. The molecule has 3 N–H and O–H groups in total. The Hall–Kier alpha value is -1.10. The summed E-state index contributed by atoms with van der Waals surface area (Å²) < 4.78 is 5.94. The van der Waals surface area contributed by atoms with E-state index in [1.54, 1.807) is 0 Å². The first kappa shape index (κ1) is 16.3. The van der Waals surface area contributed by atoms with Gasteiger partial charge in [-0.3, -0.25) is 0 Å². The molecule has 0 saturated heterocycles. The van der Waals surface area contributed by atoms with Crippen LogP contribution < -0.4 is 15.8 Å². The van der Waals surface area contributed by atoms with Gasteiger partial charge in [-0.25, -0.2) is 0 Å². The van der Waals surface area contributed by atoms with Gasteiger partial charge in [0.15, 0.2) is 0 Å². The molecular weight excluding hydrogens is 282 g/mol. The molecule has 1 aliphatic carbocycles. The molecule has 0 radical (unpaired) electrons. The zero-order valence-electron chi connectivity index (χ0n) is 13.2. The molecule has 1 aromatic rings. The van der Waals surface area contributed by atoms with E-state index in [1.165, 1.54) is 32.1 Å². The Morgan fingerprint density at radius 1 is 1.33 bits per heavy atom. The third-order valence-electron chi connectivity index (χ3n) is 4.12. The van der Waals surface area contributed by atoms with Gasteiger partial charge < -0.3 is 15.8 Å². The van der Waals surface area contributed by atoms with Crippen molar-refractivity contribution in [2.45, 2.75) is 50.2 Å². The second kappa shape index (κ2) is 7.78. The molecule has 0 bridgehead atoms. The monoisotopic (exact) mass is 309 g/mol. The quantitative estimate of drug-likeness (QED) is 0.799. The lowest BCUT2D eigenvalue weighted by molar-refractivity contribution is 0.307. The first-order valence-electron chi connectivity index (χ1n) is 7.87. The minimum atomic E-state index is 0.353. The van der Waals surface area contributed by atoms with Crippen LogP contribution in [0.5, 0.6) is 5.88 Å². The number of nitrogens with zero attached hydrogens (tertiary/aromatic N) is 1. The number of thioether (sulfide) groups is 1. The summed E-state index contributed by atoms with van der Waals surface area (Å²) in [6.45, 7) is 3.68. The molecule has 0 aromatic carbocycles. The zero-order valence-corrected chi connectivity index (χ0v) is 14.0. The number of ether oxygens (including phenoxy) is 1. The van der Waals surface area contributed by atoms with Crippen molar-refractivity contribution >= 4 is 23.3 Å². The normalized spacial score (nSPS) is 17.4. The molecule has 2 rings (SSSR count). The van der Waals surface area contributed by atoms with E-state index in [9.17, 15) is 0 Å². The molecule has 1 heterocycles. The SMILES string of the molecule is CCCOc1nc(NCC2(SC)CCCCC2)ccc1N. The van der Waals surface area contributed by atoms with Gasteiger partial charge >= 0.3 is 0 Å². The van der Waals surface area contributed by atoms with E-state index >= 15 is 0 Å². The van der Waals surface area contributed by atoms with Gasteiger partial charge in [0.2, 0.25) is 5.88 Å². The van der Waals surface area contributed by atoms with Gasteiger partial charge in [-0.2, -0.15) is 16.7 Å². The molecule has 4 nitrogen and oxygen atoms in total. The highest BCUT2D eigenvalue weighted by Gasteiger charge is 2.30. The second-order valence-corrected chi connectivity index (χ2v) is 7.01. The molecule has 0 spiro atoms. The van der Waals surface area contributed by atoms with Crippen molar-refractivity contribution in [1.29, 1.82) is 0 Å². The lowest BCUT2D eigenvalue weighted by Gasteiger charge is -2.36. The standard InChI is InChI=1S/C16H27N3OS/c1-3-11-20-15-13(17)7-8-14(19-15)18-12-16(21-2)9-5-4-6-10-16/h7-8H,3-6,9-12,17H2,1-2H3,(H,18,19). The van der Waals surface area contributed by atoms with E-state index in [-0.39, 0.29) is 0 Å². The summed E-state index contributed by atoms with van der Waals surface area (Å²) in [4.78, 5) is 4.49. The van der Waals surface area contributed by atoms with E-state index < -0.39 is 0 Å². The summed E-state index contributed by atoms with van der Waals surface area (Å²) in [6.07, 6.45) is 9.79. The Labute approximate surface area is 132 Å². The average Bonchev–Trinajstić information content (AvgIpc) is 2.54. The number of nitrogens with two attached hydrogens (primary N) is 1. The lowest BCUT2D eigenvalue weighted by Crippen LogP contribution is -2.35. The van der Waals surface area contributed by atoms with Gasteiger partial charge in [0, 0.05) is 11.3 Å². The summed E-state index contributed by atoms with van der Waals surface area (Å²) in [5.74, 6) is 1.40.